The SMILES string of the molecule is O=C(Cn1nnc(-c2ccc(Br)cc2)n1)Nc1cc(F)ccc1F. The van der Waals surface area contributed by atoms with E-state index in [2.05, 4.69) is 36.7 Å². The zero-order chi connectivity index (χ0) is 17.1. The molecule has 0 spiro atoms. The molecule has 1 amide bonds. The van der Waals surface area contributed by atoms with Gasteiger partial charge in [-0.05, 0) is 41.6 Å². The van der Waals surface area contributed by atoms with E-state index in [1.807, 2.05) is 12.1 Å². The smallest absolute Gasteiger partial charge is 0.248 e. The Bertz CT molecular complexity index is 882. The molecule has 0 aliphatic carbocycles. The van der Waals surface area contributed by atoms with Crippen LogP contribution < -0.4 is 5.32 Å². The van der Waals surface area contributed by atoms with Gasteiger partial charge in [-0.2, -0.15) is 4.80 Å². The minimum absolute atomic E-state index is 0.242. The van der Waals surface area contributed by atoms with Crippen LogP contribution in [-0.2, 0) is 11.3 Å². The molecular weight excluding hydrogens is 384 g/mol. The van der Waals surface area contributed by atoms with E-state index >= 15 is 0 Å². The zero-order valence-corrected chi connectivity index (χ0v) is 13.7. The zero-order valence-electron chi connectivity index (χ0n) is 12.1. The molecule has 2 aromatic carbocycles. The monoisotopic (exact) mass is 393 g/mol. The summed E-state index contributed by atoms with van der Waals surface area (Å²) in [4.78, 5) is 13.0. The van der Waals surface area contributed by atoms with Gasteiger partial charge in [0.2, 0.25) is 11.7 Å². The van der Waals surface area contributed by atoms with E-state index in [-0.39, 0.29) is 12.2 Å². The number of tetrazole rings is 1. The normalized spacial score (nSPS) is 10.6. The first-order chi connectivity index (χ1) is 11.5. The third-order valence-corrected chi connectivity index (χ3v) is 3.57. The highest BCUT2D eigenvalue weighted by molar-refractivity contribution is 9.10. The van der Waals surface area contributed by atoms with Crippen LogP contribution in [0.5, 0.6) is 0 Å². The minimum Gasteiger partial charge on any atom is -0.322 e. The topological polar surface area (TPSA) is 72.7 Å². The van der Waals surface area contributed by atoms with E-state index in [0.717, 1.165) is 33.0 Å². The summed E-state index contributed by atoms with van der Waals surface area (Å²) in [7, 11) is 0. The summed E-state index contributed by atoms with van der Waals surface area (Å²) in [6, 6.07) is 10.1. The molecule has 0 aliphatic heterocycles. The first-order valence-corrected chi connectivity index (χ1v) is 7.59. The number of rotatable bonds is 4. The third-order valence-electron chi connectivity index (χ3n) is 3.04. The average Bonchev–Trinajstić information content (AvgIpc) is 3.00. The van der Waals surface area contributed by atoms with E-state index in [1.54, 1.807) is 12.1 Å². The van der Waals surface area contributed by atoms with Crippen molar-refractivity contribution in [3.63, 3.8) is 0 Å². The Morgan fingerprint density at radius 2 is 1.92 bits per heavy atom. The van der Waals surface area contributed by atoms with Gasteiger partial charge in [0.1, 0.15) is 18.2 Å². The molecule has 24 heavy (non-hydrogen) atoms. The third kappa shape index (κ3) is 3.80. The van der Waals surface area contributed by atoms with Gasteiger partial charge in [0.05, 0.1) is 5.69 Å². The molecule has 1 heterocycles. The summed E-state index contributed by atoms with van der Waals surface area (Å²) in [5.74, 6) is -1.62. The maximum absolute atomic E-state index is 13.5. The lowest BCUT2D eigenvalue weighted by Gasteiger charge is -2.05. The van der Waals surface area contributed by atoms with Crippen molar-refractivity contribution in [2.24, 2.45) is 0 Å². The van der Waals surface area contributed by atoms with E-state index in [4.69, 9.17) is 0 Å². The summed E-state index contributed by atoms with van der Waals surface area (Å²) in [6.07, 6.45) is 0. The summed E-state index contributed by atoms with van der Waals surface area (Å²) in [6.45, 7) is -0.278. The van der Waals surface area contributed by atoms with Crippen molar-refractivity contribution in [2.75, 3.05) is 5.32 Å². The molecule has 3 aromatic rings. The first kappa shape index (κ1) is 16.2. The molecular formula is C15H10BrF2N5O. The van der Waals surface area contributed by atoms with Crippen LogP contribution >= 0.6 is 15.9 Å². The van der Waals surface area contributed by atoms with Crippen LogP contribution in [-0.4, -0.2) is 26.1 Å². The highest BCUT2D eigenvalue weighted by atomic mass is 79.9. The van der Waals surface area contributed by atoms with Gasteiger partial charge in [0, 0.05) is 16.1 Å². The van der Waals surface area contributed by atoms with Crippen molar-refractivity contribution in [2.45, 2.75) is 6.54 Å². The minimum atomic E-state index is -0.730. The number of carbonyl (C=O) groups is 1. The summed E-state index contributed by atoms with van der Waals surface area (Å²) in [5.41, 5.74) is 0.495. The van der Waals surface area contributed by atoms with Gasteiger partial charge in [-0.25, -0.2) is 8.78 Å². The molecule has 0 unspecified atom stereocenters. The fourth-order valence-electron chi connectivity index (χ4n) is 1.94. The van der Waals surface area contributed by atoms with Gasteiger partial charge < -0.3 is 5.32 Å². The fourth-order valence-corrected chi connectivity index (χ4v) is 2.20. The number of nitrogens with one attached hydrogen (secondary N) is 1. The molecule has 0 aliphatic rings. The molecule has 0 fully saturated rings. The second-order valence-electron chi connectivity index (χ2n) is 4.82. The van der Waals surface area contributed by atoms with Gasteiger partial charge in [-0.3, -0.25) is 4.79 Å². The van der Waals surface area contributed by atoms with Crippen molar-refractivity contribution in [3.05, 3.63) is 58.6 Å². The average molecular weight is 394 g/mol. The molecule has 3 rings (SSSR count). The first-order valence-electron chi connectivity index (χ1n) is 6.80. The molecule has 1 aromatic heterocycles. The maximum atomic E-state index is 13.5. The van der Waals surface area contributed by atoms with Crippen molar-refractivity contribution < 1.29 is 13.6 Å². The van der Waals surface area contributed by atoms with Gasteiger partial charge >= 0.3 is 0 Å². The van der Waals surface area contributed by atoms with E-state index in [0.29, 0.717) is 5.82 Å². The molecule has 0 saturated heterocycles. The largest absolute Gasteiger partial charge is 0.322 e. The Balaban J connectivity index is 1.69. The second kappa shape index (κ2) is 6.83. The molecule has 6 nitrogen and oxygen atoms in total. The number of carbonyl (C=O) groups excluding carboxylic acids is 1. The van der Waals surface area contributed by atoms with Gasteiger partial charge in [0.25, 0.3) is 0 Å². The summed E-state index contributed by atoms with van der Waals surface area (Å²) >= 11 is 3.33. The van der Waals surface area contributed by atoms with Crippen LogP contribution in [0.15, 0.2) is 46.9 Å². The maximum Gasteiger partial charge on any atom is 0.248 e. The van der Waals surface area contributed by atoms with E-state index in [1.165, 1.54) is 0 Å². The molecule has 0 saturated carbocycles. The fraction of sp³-hybridized carbons (Fsp3) is 0.0667. The highest BCUT2D eigenvalue weighted by Crippen LogP contribution is 2.18. The molecule has 0 atom stereocenters. The number of benzene rings is 2. The molecule has 122 valence electrons. The van der Waals surface area contributed by atoms with Crippen LogP contribution in [0.25, 0.3) is 11.4 Å². The number of nitrogens with zero attached hydrogens (tertiary/aromatic N) is 4. The number of hydrogen-bond donors (Lipinski definition) is 1. The van der Waals surface area contributed by atoms with Crippen molar-refractivity contribution in [1.29, 1.82) is 0 Å². The summed E-state index contributed by atoms with van der Waals surface area (Å²) < 4.78 is 27.5. The lowest BCUT2D eigenvalue weighted by Crippen LogP contribution is -2.21. The Morgan fingerprint density at radius 3 is 2.67 bits per heavy atom. The second-order valence-corrected chi connectivity index (χ2v) is 5.74. The van der Waals surface area contributed by atoms with Crippen LogP contribution in [0.2, 0.25) is 0 Å². The van der Waals surface area contributed by atoms with Gasteiger partial charge in [-0.15, -0.1) is 10.2 Å². The number of aromatic nitrogens is 4. The predicted octanol–water partition coefficient (Wildman–Crippen LogP) is 3.02. The lowest BCUT2D eigenvalue weighted by atomic mass is 10.2. The van der Waals surface area contributed by atoms with Gasteiger partial charge in [0.15, 0.2) is 0 Å². The van der Waals surface area contributed by atoms with E-state index in [9.17, 15) is 13.6 Å². The molecule has 9 heteroatoms. The lowest BCUT2D eigenvalue weighted by molar-refractivity contribution is -0.117. The van der Waals surface area contributed by atoms with Crippen molar-refractivity contribution >= 4 is 27.5 Å². The number of halogens is 3. The highest BCUT2D eigenvalue weighted by Gasteiger charge is 2.12. The van der Waals surface area contributed by atoms with Crippen molar-refractivity contribution in [3.8, 4) is 11.4 Å². The molecule has 0 radical (unpaired) electrons. The summed E-state index contributed by atoms with van der Waals surface area (Å²) in [5, 5.41) is 14.0. The van der Waals surface area contributed by atoms with E-state index < -0.39 is 17.5 Å². The Labute approximate surface area is 143 Å². The Hall–Kier alpha value is -2.68. The Morgan fingerprint density at radius 1 is 1.17 bits per heavy atom. The van der Waals surface area contributed by atoms with Crippen LogP contribution in [0.3, 0.4) is 0 Å². The Kier molecular flexibility index (Phi) is 4.61. The molecule has 0 bridgehead atoms. The van der Waals surface area contributed by atoms with Gasteiger partial charge in [-0.1, -0.05) is 15.9 Å². The number of hydrogen-bond acceptors (Lipinski definition) is 4. The number of anilines is 1. The molecule has 1 N–H and O–H groups in total. The standard InChI is InChI=1S/C15H10BrF2N5O/c16-10-3-1-9(2-4-10)15-20-22-23(21-15)8-14(24)19-13-7-11(17)5-6-12(13)18/h1-7H,8H2,(H,19,24). The number of amides is 1. The predicted molar refractivity (Wildman–Crippen MR) is 85.9 cm³/mol. The van der Waals surface area contributed by atoms with Crippen molar-refractivity contribution in [1.82, 2.24) is 20.2 Å². The quantitative estimate of drug-likeness (QED) is 0.739. The van der Waals surface area contributed by atoms with Crippen LogP contribution in [0.1, 0.15) is 0 Å². The van der Waals surface area contributed by atoms with Crippen LogP contribution in [0.4, 0.5) is 14.5 Å². The van der Waals surface area contributed by atoms with Crippen LogP contribution in [0, 0.1) is 11.6 Å².